The lowest BCUT2D eigenvalue weighted by Crippen LogP contribution is -2.52. The smallest absolute Gasteiger partial charge is 0.249 e. The summed E-state index contributed by atoms with van der Waals surface area (Å²) in [6.45, 7) is 6.45. The molecule has 1 unspecified atom stereocenters. The Labute approximate surface area is 229 Å². The van der Waals surface area contributed by atoms with Crippen molar-refractivity contribution in [3.8, 4) is 0 Å². The number of hydrogen-bond donors (Lipinski definition) is 4. The van der Waals surface area contributed by atoms with Crippen molar-refractivity contribution in [1.82, 2.24) is 10.2 Å². The number of allylic oxidation sites excluding steroid dienone is 2. The molecule has 0 bridgehead atoms. The number of aliphatic hydroxyl groups excluding tert-OH is 1. The second-order valence-electron chi connectivity index (χ2n) is 10.2. The molecule has 1 aliphatic carbocycles. The Kier molecular flexibility index (Phi) is 11.8. The molecule has 0 aliphatic heterocycles. The molecule has 0 aromatic heterocycles. The number of sulfonamides is 1. The molecule has 6 N–H and O–H groups in total. The summed E-state index contributed by atoms with van der Waals surface area (Å²) in [5.41, 5.74) is 5.52. The van der Waals surface area contributed by atoms with E-state index in [0.29, 0.717) is 30.3 Å². The van der Waals surface area contributed by atoms with E-state index in [1.165, 1.54) is 0 Å². The maximum atomic E-state index is 14.1. The number of primary sulfonamides is 1. The summed E-state index contributed by atoms with van der Waals surface area (Å²) in [4.78, 5) is 28.4. The Morgan fingerprint density at radius 2 is 1.74 bits per heavy atom. The van der Waals surface area contributed by atoms with Gasteiger partial charge in [-0.1, -0.05) is 31.6 Å². The summed E-state index contributed by atoms with van der Waals surface area (Å²) in [5, 5.41) is 19.1. The van der Waals surface area contributed by atoms with Crippen LogP contribution in [0, 0.1) is 23.0 Å². The normalized spacial score (nSPS) is 19.2. The van der Waals surface area contributed by atoms with E-state index in [0.717, 1.165) is 25.0 Å². The number of amides is 2. The van der Waals surface area contributed by atoms with E-state index >= 15 is 0 Å². The van der Waals surface area contributed by atoms with Gasteiger partial charge in [0.15, 0.2) is 0 Å². The molecule has 2 amide bonds. The topological polar surface area (TPSA) is 156 Å². The third kappa shape index (κ3) is 9.20. The van der Waals surface area contributed by atoms with Gasteiger partial charge in [0.25, 0.3) is 0 Å². The van der Waals surface area contributed by atoms with E-state index in [1.807, 2.05) is 13.8 Å². The molecule has 2 rings (SSSR count). The van der Waals surface area contributed by atoms with Gasteiger partial charge < -0.3 is 21.1 Å². The van der Waals surface area contributed by atoms with Crippen LogP contribution in [0.25, 0.3) is 0 Å². The standard InChI is InChI=1S/C27H40F2N4O5S/c1-4-7-33(8-5-2)25(35)20-10-18(3)15-27(16-20,26(30)36)23(13-19-11-21(28)14-22(29)12-19)24(34)17-32-6-9-39(31,37)38/h10-12,14-15,23-24,32,34H,4-9,13,16-17H2,1-3H3,(H2,30,36)(H2,31,37,38)/t23-,24+,27?/m1/s1. The van der Waals surface area contributed by atoms with Crippen LogP contribution in [-0.2, 0) is 26.0 Å². The molecule has 1 aliphatic rings. The number of nitrogens with one attached hydrogen (secondary N) is 1. The summed E-state index contributed by atoms with van der Waals surface area (Å²) in [7, 11) is -3.75. The number of aliphatic hydroxyl groups is 1. The fourth-order valence-corrected chi connectivity index (χ4v) is 5.59. The summed E-state index contributed by atoms with van der Waals surface area (Å²) >= 11 is 0. The maximum absolute atomic E-state index is 14.1. The second-order valence-corrected chi connectivity index (χ2v) is 11.9. The predicted octanol–water partition coefficient (Wildman–Crippen LogP) is 1.76. The van der Waals surface area contributed by atoms with E-state index in [-0.39, 0.29) is 43.2 Å². The van der Waals surface area contributed by atoms with E-state index in [4.69, 9.17) is 10.9 Å². The van der Waals surface area contributed by atoms with Gasteiger partial charge in [-0.25, -0.2) is 22.3 Å². The Morgan fingerprint density at radius 3 is 2.26 bits per heavy atom. The number of hydrogen-bond acceptors (Lipinski definition) is 6. The van der Waals surface area contributed by atoms with E-state index < -0.39 is 45.0 Å². The molecule has 39 heavy (non-hydrogen) atoms. The Balaban J connectivity index is 2.51. The molecule has 0 radical (unpaired) electrons. The molecule has 12 heteroatoms. The van der Waals surface area contributed by atoms with Crippen LogP contribution in [0.3, 0.4) is 0 Å². The van der Waals surface area contributed by atoms with Crippen LogP contribution in [-0.4, -0.2) is 68.3 Å². The molecule has 0 saturated heterocycles. The highest BCUT2D eigenvalue weighted by Crippen LogP contribution is 2.44. The highest BCUT2D eigenvalue weighted by Gasteiger charge is 2.48. The van der Waals surface area contributed by atoms with Crippen molar-refractivity contribution in [3.05, 3.63) is 58.7 Å². The first-order valence-electron chi connectivity index (χ1n) is 13.1. The number of carbonyl (C=O) groups is 2. The number of nitrogens with two attached hydrogens (primary N) is 2. The van der Waals surface area contributed by atoms with E-state index in [2.05, 4.69) is 5.32 Å². The van der Waals surface area contributed by atoms with Gasteiger partial charge in [0.05, 0.1) is 17.3 Å². The molecule has 9 nitrogen and oxygen atoms in total. The average molecular weight is 571 g/mol. The van der Waals surface area contributed by atoms with Crippen molar-refractivity contribution in [2.24, 2.45) is 22.2 Å². The van der Waals surface area contributed by atoms with Gasteiger partial charge >= 0.3 is 0 Å². The Hall–Kier alpha value is -2.67. The third-order valence-corrected chi connectivity index (χ3v) is 7.57. The quantitative estimate of drug-likeness (QED) is 0.236. The van der Waals surface area contributed by atoms with Crippen molar-refractivity contribution >= 4 is 21.8 Å². The van der Waals surface area contributed by atoms with E-state index in [9.17, 15) is 31.9 Å². The zero-order valence-corrected chi connectivity index (χ0v) is 23.6. The molecular formula is C27H40F2N4O5S. The SMILES string of the molecule is CCCN(CCC)C(=O)C1=CC(C)=CC(C(N)=O)([C@H](Cc2cc(F)cc(F)c2)[C@@H](O)CNCCS(N)(=O)=O)C1. The van der Waals surface area contributed by atoms with Crippen LogP contribution in [0.1, 0.15) is 45.6 Å². The number of benzene rings is 1. The minimum Gasteiger partial charge on any atom is -0.391 e. The van der Waals surface area contributed by atoms with Crippen molar-refractivity contribution in [2.75, 3.05) is 31.9 Å². The van der Waals surface area contributed by atoms with E-state index in [1.54, 1.807) is 24.0 Å². The minimum absolute atomic E-state index is 0.0672. The maximum Gasteiger partial charge on any atom is 0.249 e. The molecular weight excluding hydrogens is 530 g/mol. The highest BCUT2D eigenvalue weighted by molar-refractivity contribution is 7.89. The van der Waals surface area contributed by atoms with Gasteiger partial charge in [-0.2, -0.15) is 0 Å². The minimum atomic E-state index is -3.75. The molecule has 1 aromatic carbocycles. The fraction of sp³-hybridized carbons (Fsp3) is 0.556. The summed E-state index contributed by atoms with van der Waals surface area (Å²) in [6, 6.07) is 2.93. The number of nitrogens with zero attached hydrogens (tertiary/aromatic N) is 1. The summed E-state index contributed by atoms with van der Waals surface area (Å²) < 4.78 is 50.7. The molecule has 0 spiro atoms. The summed E-state index contributed by atoms with van der Waals surface area (Å²) in [5.74, 6) is -4.09. The van der Waals surface area contributed by atoms with Crippen molar-refractivity contribution in [2.45, 2.75) is 52.6 Å². The van der Waals surface area contributed by atoms with Gasteiger partial charge in [0.2, 0.25) is 21.8 Å². The first-order valence-corrected chi connectivity index (χ1v) is 14.8. The summed E-state index contributed by atoms with van der Waals surface area (Å²) in [6.07, 6.45) is 3.21. The first kappa shape index (κ1) is 32.5. The van der Waals surface area contributed by atoms with Crippen molar-refractivity contribution in [3.63, 3.8) is 0 Å². The molecule has 1 aromatic rings. The zero-order valence-electron chi connectivity index (χ0n) is 22.8. The number of carbonyl (C=O) groups excluding carboxylic acids is 2. The molecule has 3 atom stereocenters. The molecule has 0 fully saturated rings. The third-order valence-electron chi connectivity index (χ3n) is 6.80. The van der Waals surface area contributed by atoms with Crippen LogP contribution >= 0.6 is 0 Å². The largest absolute Gasteiger partial charge is 0.391 e. The Morgan fingerprint density at radius 1 is 1.15 bits per heavy atom. The lowest BCUT2D eigenvalue weighted by Gasteiger charge is -2.42. The van der Waals surface area contributed by atoms with Gasteiger partial charge in [-0.05, 0) is 50.3 Å². The second kappa shape index (κ2) is 14.1. The molecule has 0 saturated carbocycles. The van der Waals surface area contributed by atoms with Gasteiger partial charge in [0.1, 0.15) is 11.6 Å². The Bertz CT molecular complexity index is 1180. The number of primary amides is 1. The van der Waals surface area contributed by atoms with Gasteiger partial charge in [-0.15, -0.1) is 0 Å². The predicted molar refractivity (Wildman–Crippen MR) is 146 cm³/mol. The first-order chi connectivity index (χ1) is 18.2. The monoisotopic (exact) mass is 570 g/mol. The molecule has 218 valence electrons. The van der Waals surface area contributed by atoms with Crippen LogP contribution < -0.4 is 16.2 Å². The van der Waals surface area contributed by atoms with Gasteiger partial charge in [0, 0.05) is 43.7 Å². The van der Waals surface area contributed by atoms with Crippen LogP contribution in [0.2, 0.25) is 0 Å². The highest BCUT2D eigenvalue weighted by atomic mass is 32.2. The average Bonchev–Trinajstić information content (AvgIpc) is 2.82. The fourth-order valence-electron chi connectivity index (χ4n) is 5.17. The van der Waals surface area contributed by atoms with Crippen LogP contribution in [0.5, 0.6) is 0 Å². The molecule has 0 heterocycles. The zero-order chi connectivity index (χ0) is 29.4. The van der Waals surface area contributed by atoms with Crippen LogP contribution in [0.15, 0.2) is 41.5 Å². The van der Waals surface area contributed by atoms with Gasteiger partial charge in [-0.3, -0.25) is 9.59 Å². The van der Waals surface area contributed by atoms with Crippen molar-refractivity contribution < 1.29 is 31.9 Å². The lowest BCUT2D eigenvalue weighted by atomic mass is 9.63. The lowest BCUT2D eigenvalue weighted by molar-refractivity contribution is -0.132. The van der Waals surface area contributed by atoms with Crippen LogP contribution in [0.4, 0.5) is 8.78 Å². The van der Waals surface area contributed by atoms with Crippen molar-refractivity contribution in [1.29, 1.82) is 0 Å². The number of rotatable bonds is 15. The number of halogens is 2.